The zero-order valence-electron chi connectivity index (χ0n) is 14.3. The summed E-state index contributed by atoms with van der Waals surface area (Å²) in [4.78, 5) is 25.3. The van der Waals surface area contributed by atoms with Gasteiger partial charge in [-0.3, -0.25) is 9.59 Å². The minimum absolute atomic E-state index is 0.114. The lowest BCUT2D eigenvalue weighted by atomic mass is 10.2. The number of benzene rings is 3. The van der Waals surface area contributed by atoms with E-state index in [9.17, 15) is 9.59 Å². The number of para-hydroxylation sites is 1. The molecule has 3 aromatic rings. The van der Waals surface area contributed by atoms with E-state index in [4.69, 9.17) is 11.6 Å². The number of amides is 2. The second kappa shape index (κ2) is 9.26. The number of carbonyl (C=O) groups is 2. The third kappa shape index (κ3) is 5.88. The van der Waals surface area contributed by atoms with Gasteiger partial charge >= 0.3 is 0 Å². The van der Waals surface area contributed by atoms with Gasteiger partial charge in [-0.1, -0.05) is 29.8 Å². The van der Waals surface area contributed by atoms with Crippen LogP contribution in [0.4, 0.5) is 11.4 Å². The molecule has 3 rings (SSSR count). The molecular formula is C21H17ClN2O2S. The number of rotatable bonds is 6. The summed E-state index contributed by atoms with van der Waals surface area (Å²) in [6.45, 7) is 0. The van der Waals surface area contributed by atoms with E-state index in [1.54, 1.807) is 36.4 Å². The summed E-state index contributed by atoms with van der Waals surface area (Å²) in [6.07, 6.45) is 0. The molecule has 0 atom stereocenters. The summed E-state index contributed by atoms with van der Waals surface area (Å²) in [6, 6.07) is 23.4. The van der Waals surface area contributed by atoms with Crippen LogP contribution in [0.25, 0.3) is 0 Å². The average Bonchev–Trinajstić information content (AvgIpc) is 2.69. The number of hydrogen-bond acceptors (Lipinski definition) is 3. The van der Waals surface area contributed by atoms with Crippen molar-refractivity contribution >= 4 is 46.6 Å². The molecule has 0 aliphatic carbocycles. The van der Waals surface area contributed by atoms with Crippen LogP contribution in [0.3, 0.4) is 0 Å². The van der Waals surface area contributed by atoms with E-state index < -0.39 is 0 Å². The maximum atomic E-state index is 12.2. The summed E-state index contributed by atoms with van der Waals surface area (Å²) in [7, 11) is 0. The second-order valence-corrected chi connectivity index (χ2v) is 7.17. The van der Waals surface area contributed by atoms with Crippen LogP contribution in [0, 0.1) is 0 Å². The van der Waals surface area contributed by atoms with Crippen molar-refractivity contribution in [3.8, 4) is 0 Å². The molecule has 6 heteroatoms. The first-order valence-electron chi connectivity index (χ1n) is 8.25. The maximum absolute atomic E-state index is 12.2. The molecule has 0 aromatic heterocycles. The van der Waals surface area contributed by atoms with Crippen LogP contribution < -0.4 is 10.6 Å². The fourth-order valence-electron chi connectivity index (χ4n) is 2.31. The Bertz CT molecular complexity index is 913. The highest BCUT2D eigenvalue weighted by Crippen LogP contribution is 2.20. The predicted molar refractivity (Wildman–Crippen MR) is 112 cm³/mol. The van der Waals surface area contributed by atoms with Gasteiger partial charge in [0.15, 0.2) is 0 Å². The smallest absolute Gasteiger partial charge is 0.255 e. The molecule has 0 saturated heterocycles. The fourth-order valence-corrected chi connectivity index (χ4v) is 3.13. The Morgan fingerprint density at radius 3 is 2.07 bits per heavy atom. The van der Waals surface area contributed by atoms with Crippen LogP contribution >= 0.6 is 23.4 Å². The van der Waals surface area contributed by atoms with Gasteiger partial charge in [-0.05, 0) is 60.7 Å². The van der Waals surface area contributed by atoms with Gasteiger partial charge in [0.25, 0.3) is 5.91 Å². The van der Waals surface area contributed by atoms with Gasteiger partial charge in [0.2, 0.25) is 5.91 Å². The molecule has 136 valence electrons. The van der Waals surface area contributed by atoms with E-state index in [0.29, 0.717) is 16.3 Å². The van der Waals surface area contributed by atoms with Crippen molar-refractivity contribution in [1.29, 1.82) is 0 Å². The summed E-state index contributed by atoms with van der Waals surface area (Å²) in [5.74, 6) is -0.0217. The number of anilines is 2. The molecule has 0 spiro atoms. The number of thioether (sulfide) groups is 1. The molecule has 4 nitrogen and oxygen atoms in total. The lowest BCUT2D eigenvalue weighted by Crippen LogP contribution is -2.15. The Morgan fingerprint density at radius 1 is 0.778 bits per heavy atom. The highest BCUT2D eigenvalue weighted by atomic mass is 35.5. The Kier molecular flexibility index (Phi) is 6.52. The first kappa shape index (κ1) is 19.0. The molecule has 27 heavy (non-hydrogen) atoms. The molecule has 0 aliphatic heterocycles. The van der Waals surface area contributed by atoms with Gasteiger partial charge in [0.1, 0.15) is 0 Å². The monoisotopic (exact) mass is 396 g/mol. The first-order chi connectivity index (χ1) is 13.1. The van der Waals surface area contributed by atoms with Crippen LogP contribution in [0.15, 0.2) is 83.8 Å². The lowest BCUT2D eigenvalue weighted by molar-refractivity contribution is -0.113. The number of carbonyl (C=O) groups excluding carboxylic acids is 2. The third-order valence-corrected chi connectivity index (χ3v) is 4.91. The predicted octanol–water partition coefficient (Wildman–Crippen LogP) is 5.32. The Hall–Kier alpha value is -2.76. The summed E-state index contributed by atoms with van der Waals surface area (Å²) in [5, 5.41) is 6.31. The molecule has 0 saturated carbocycles. The topological polar surface area (TPSA) is 58.2 Å². The van der Waals surface area contributed by atoms with Crippen molar-refractivity contribution in [2.45, 2.75) is 4.90 Å². The molecule has 2 amide bonds. The average molecular weight is 397 g/mol. The Balaban J connectivity index is 1.51. The zero-order valence-corrected chi connectivity index (χ0v) is 15.9. The molecule has 3 aromatic carbocycles. The number of nitrogens with one attached hydrogen (secondary N) is 2. The Morgan fingerprint density at radius 2 is 1.41 bits per heavy atom. The van der Waals surface area contributed by atoms with Crippen molar-refractivity contribution in [2.75, 3.05) is 16.4 Å². The largest absolute Gasteiger partial charge is 0.325 e. The standard InChI is InChI=1S/C21H17ClN2O2S/c22-16-8-12-19(13-9-16)27-14-20(25)23-18-10-6-15(7-11-18)21(26)24-17-4-2-1-3-5-17/h1-13H,14H2,(H,23,25)(H,24,26). The quantitative estimate of drug-likeness (QED) is 0.554. The molecule has 0 unspecified atom stereocenters. The van der Waals surface area contributed by atoms with Crippen molar-refractivity contribution in [3.05, 3.63) is 89.4 Å². The fraction of sp³-hybridized carbons (Fsp3) is 0.0476. The van der Waals surface area contributed by atoms with Crippen molar-refractivity contribution in [3.63, 3.8) is 0 Å². The van der Waals surface area contributed by atoms with Gasteiger partial charge in [-0.2, -0.15) is 0 Å². The van der Waals surface area contributed by atoms with Crippen molar-refractivity contribution in [2.24, 2.45) is 0 Å². The van der Waals surface area contributed by atoms with Crippen LogP contribution in [0.1, 0.15) is 10.4 Å². The third-order valence-electron chi connectivity index (χ3n) is 3.65. The van der Waals surface area contributed by atoms with E-state index >= 15 is 0 Å². The summed E-state index contributed by atoms with van der Waals surface area (Å²) in [5.41, 5.74) is 1.90. The van der Waals surface area contributed by atoms with Crippen LogP contribution in [-0.2, 0) is 4.79 Å². The Labute approximate surface area is 166 Å². The van der Waals surface area contributed by atoms with E-state index in [-0.39, 0.29) is 17.6 Å². The zero-order chi connectivity index (χ0) is 19.1. The minimum atomic E-state index is -0.197. The van der Waals surface area contributed by atoms with Gasteiger partial charge in [0, 0.05) is 26.9 Å². The molecule has 0 heterocycles. The number of hydrogen-bond donors (Lipinski definition) is 2. The van der Waals surface area contributed by atoms with E-state index in [2.05, 4.69) is 10.6 Å². The molecule has 0 radical (unpaired) electrons. The maximum Gasteiger partial charge on any atom is 0.255 e. The highest BCUT2D eigenvalue weighted by molar-refractivity contribution is 8.00. The summed E-state index contributed by atoms with van der Waals surface area (Å²) >= 11 is 7.28. The van der Waals surface area contributed by atoms with Crippen LogP contribution in [0.5, 0.6) is 0 Å². The molecular weight excluding hydrogens is 380 g/mol. The van der Waals surface area contributed by atoms with Gasteiger partial charge in [-0.15, -0.1) is 11.8 Å². The van der Waals surface area contributed by atoms with E-state index in [0.717, 1.165) is 10.6 Å². The van der Waals surface area contributed by atoms with Gasteiger partial charge in [-0.25, -0.2) is 0 Å². The highest BCUT2D eigenvalue weighted by Gasteiger charge is 2.08. The van der Waals surface area contributed by atoms with Crippen LogP contribution in [-0.4, -0.2) is 17.6 Å². The van der Waals surface area contributed by atoms with Gasteiger partial charge < -0.3 is 10.6 Å². The van der Waals surface area contributed by atoms with Crippen molar-refractivity contribution in [1.82, 2.24) is 0 Å². The SMILES string of the molecule is O=C(CSc1ccc(Cl)cc1)Nc1ccc(C(=O)Nc2ccccc2)cc1. The molecule has 2 N–H and O–H groups in total. The molecule has 0 fully saturated rings. The summed E-state index contributed by atoms with van der Waals surface area (Å²) < 4.78 is 0. The molecule has 0 bridgehead atoms. The molecule has 0 aliphatic rings. The van der Waals surface area contributed by atoms with E-state index in [1.807, 2.05) is 42.5 Å². The first-order valence-corrected chi connectivity index (χ1v) is 9.61. The minimum Gasteiger partial charge on any atom is -0.325 e. The van der Waals surface area contributed by atoms with E-state index in [1.165, 1.54) is 11.8 Å². The van der Waals surface area contributed by atoms with Crippen LogP contribution in [0.2, 0.25) is 5.02 Å². The second-order valence-electron chi connectivity index (χ2n) is 5.69. The normalized spacial score (nSPS) is 10.3. The van der Waals surface area contributed by atoms with Gasteiger partial charge in [0.05, 0.1) is 5.75 Å². The number of halogens is 1. The lowest BCUT2D eigenvalue weighted by Gasteiger charge is -2.08. The van der Waals surface area contributed by atoms with Crippen molar-refractivity contribution < 1.29 is 9.59 Å².